The molecule has 3 nitrogen and oxygen atoms in total. The van der Waals surface area contributed by atoms with Crippen LogP contribution in [0.2, 0.25) is 0 Å². The molecule has 2 aromatic carbocycles. The molecule has 0 bridgehead atoms. The van der Waals surface area contributed by atoms with Crippen molar-refractivity contribution in [3.05, 3.63) is 58.8 Å². The fourth-order valence-electron chi connectivity index (χ4n) is 1.86. The monoisotopic (exact) mass is 242 g/mol. The Morgan fingerprint density at radius 2 is 1.94 bits per heavy atom. The molecule has 3 aromatic rings. The maximum Gasteiger partial charge on any atom is 0.284 e. The number of hydrogen-bond acceptors (Lipinski definition) is 3. The van der Waals surface area contributed by atoms with Gasteiger partial charge in [-0.05, 0) is 28.6 Å². The van der Waals surface area contributed by atoms with Gasteiger partial charge in [-0.2, -0.15) is 0 Å². The van der Waals surface area contributed by atoms with E-state index in [0.29, 0.717) is 17.1 Å². The summed E-state index contributed by atoms with van der Waals surface area (Å²) in [5, 5.41) is 9.08. The molecule has 0 spiro atoms. The van der Waals surface area contributed by atoms with Crippen LogP contribution in [0.15, 0.2) is 46.9 Å². The van der Waals surface area contributed by atoms with Crippen molar-refractivity contribution in [3.63, 3.8) is 0 Å². The van der Waals surface area contributed by atoms with Crippen molar-refractivity contribution in [1.82, 2.24) is 10.2 Å². The average Bonchev–Trinajstić information content (AvgIpc) is 2.75. The van der Waals surface area contributed by atoms with E-state index in [9.17, 15) is 0 Å². The van der Waals surface area contributed by atoms with Gasteiger partial charge in [-0.1, -0.05) is 42.5 Å². The molecule has 0 atom stereocenters. The number of benzene rings is 2. The Bertz CT molecular complexity index is 714. The van der Waals surface area contributed by atoms with Crippen molar-refractivity contribution >= 4 is 23.0 Å². The molecular formula is C13H10N2OS. The van der Waals surface area contributed by atoms with Gasteiger partial charge in [-0.3, -0.25) is 0 Å². The summed E-state index contributed by atoms with van der Waals surface area (Å²) in [6.45, 7) is 0. The molecule has 0 fully saturated rings. The SMILES string of the molecule is S=c1[nH]nc(Cc2ccc3ccccc3c2)o1. The van der Waals surface area contributed by atoms with Crippen LogP contribution >= 0.6 is 12.2 Å². The van der Waals surface area contributed by atoms with Crippen LogP contribution in [0, 0.1) is 4.84 Å². The van der Waals surface area contributed by atoms with Gasteiger partial charge in [0, 0.05) is 0 Å². The summed E-state index contributed by atoms with van der Waals surface area (Å²) in [7, 11) is 0. The van der Waals surface area contributed by atoms with E-state index in [-0.39, 0.29) is 0 Å². The lowest BCUT2D eigenvalue weighted by atomic mass is 10.1. The molecule has 1 heterocycles. The molecule has 0 amide bonds. The van der Waals surface area contributed by atoms with E-state index in [0.717, 1.165) is 5.56 Å². The van der Waals surface area contributed by atoms with Gasteiger partial charge >= 0.3 is 0 Å². The van der Waals surface area contributed by atoms with Crippen molar-refractivity contribution in [2.75, 3.05) is 0 Å². The van der Waals surface area contributed by atoms with E-state index in [4.69, 9.17) is 16.6 Å². The Balaban J connectivity index is 1.98. The first-order valence-electron chi connectivity index (χ1n) is 5.33. The van der Waals surface area contributed by atoms with Crippen LogP contribution in [-0.2, 0) is 6.42 Å². The third-order valence-corrected chi connectivity index (χ3v) is 2.83. The number of hydrogen-bond donors (Lipinski definition) is 1. The predicted octanol–water partition coefficient (Wildman–Crippen LogP) is 3.48. The normalized spacial score (nSPS) is 10.8. The van der Waals surface area contributed by atoms with Gasteiger partial charge in [0.15, 0.2) is 0 Å². The van der Waals surface area contributed by atoms with Gasteiger partial charge in [0.25, 0.3) is 4.84 Å². The first-order chi connectivity index (χ1) is 8.31. The molecule has 0 aliphatic carbocycles. The van der Waals surface area contributed by atoms with E-state index >= 15 is 0 Å². The topological polar surface area (TPSA) is 41.8 Å². The van der Waals surface area contributed by atoms with Gasteiger partial charge in [0.2, 0.25) is 5.89 Å². The van der Waals surface area contributed by atoms with Crippen molar-refractivity contribution in [2.45, 2.75) is 6.42 Å². The zero-order valence-electron chi connectivity index (χ0n) is 9.01. The van der Waals surface area contributed by atoms with Crippen molar-refractivity contribution in [1.29, 1.82) is 0 Å². The number of H-pyrrole nitrogens is 1. The van der Waals surface area contributed by atoms with Crippen molar-refractivity contribution in [3.8, 4) is 0 Å². The first-order valence-corrected chi connectivity index (χ1v) is 5.74. The first kappa shape index (κ1) is 10.2. The van der Waals surface area contributed by atoms with E-state index in [1.807, 2.05) is 12.1 Å². The molecule has 0 aliphatic heterocycles. The molecule has 17 heavy (non-hydrogen) atoms. The molecule has 0 unspecified atom stereocenters. The lowest BCUT2D eigenvalue weighted by Gasteiger charge is -2.00. The minimum Gasteiger partial charge on any atom is -0.414 e. The lowest BCUT2D eigenvalue weighted by molar-refractivity contribution is 0.491. The Morgan fingerprint density at radius 1 is 1.12 bits per heavy atom. The number of fused-ring (bicyclic) bond motifs is 1. The smallest absolute Gasteiger partial charge is 0.284 e. The molecule has 0 radical (unpaired) electrons. The summed E-state index contributed by atoms with van der Waals surface area (Å²) in [5.41, 5.74) is 1.16. The van der Waals surface area contributed by atoms with Gasteiger partial charge < -0.3 is 4.42 Å². The molecule has 0 aliphatic rings. The third kappa shape index (κ3) is 2.12. The van der Waals surface area contributed by atoms with Crippen molar-refractivity contribution < 1.29 is 4.42 Å². The number of aromatic nitrogens is 2. The minimum atomic E-state index is 0.320. The third-order valence-electron chi connectivity index (χ3n) is 2.65. The summed E-state index contributed by atoms with van der Waals surface area (Å²) in [4.78, 5) is 0.320. The second-order valence-electron chi connectivity index (χ2n) is 3.87. The maximum atomic E-state index is 5.25. The van der Waals surface area contributed by atoms with Crippen LogP contribution in [-0.4, -0.2) is 10.2 Å². The minimum absolute atomic E-state index is 0.320. The Morgan fingerprint density at radius 3 is 2.71 bits per heavy atom. The molecule has 4 heteroatoms. The van der Waals surface area contributed by atoms with E-state index in [2.05, 4.69) is 40.5 Å². The van der Waals surface area contributed by atoms with Crippen molar-refractivity contribution in [2.24, 2.45) is 0 Å². The van der Waals surface area contributed by atoms with E-state index < -0.39 is 0 Å². The quantitative estimate of drug-likeness (QED) is 0.699. The molecular weight excluding hydrogens is 232 g/mol. The van der Waals surface area contributed by atoms with Crippen LogP contribution in [0.1, 0.15) is 11.5 Å². The zero-order valence-corrected chi connectivity index (χ0v) is 9.83. The number of nitrogens with one attached hydrogen (secondary N) is 1. The number of nitrogens with zero attached hydrogens (tertiary/aromatic N) is 1. The van der Waals surface area contributed by atoms with Crippen LogP contribution < -0.4 is 0 Å². The standard InChI is InChI=1S/C13H10N2OS/c17-13-15-14-12(16-13)8-9-5-6-10-3-1-2-4-11(10)7-9/h1-7H,8H2,(H,15,17). The highest BCUT2D eigenvalue weighted by Gasteiger charge is 2.02. The Labute approximate surface area is 103 Å². The number of aromatic amines is 1. The molecule has 1 aromatic heterocycles. The van der Waals surface area contributed by atoms with E-state index in [1.54, 1.807) is 0 Å². The number of rotatable bonds is 2. The summed E-state index contributed by atoms with van der Waals surface area (Å²) in [6.07, 6.45) is 0.651. The summed E-state index contributed by atoms with van der Waals surface area (Å²) in [6, 6.07) is 14.6. The lowest BCUT2D eigenvalue weighted by Crippen LogP contribution is -1.88. The van der Waals surface area contributed by atoms with Gasteiger partial charge in [-0.15, -0.1) is 5.10 Å². The molecule has 3 rings (SSSR count). The molecule has 0 saturated carbocycles. The maximum absolute atomic E-state index is 5.25. The van der Waals surface area contributed by atoms with Crippen LogP contribution in [0.5, 0.6) is 0 Å². The van der Waals surface area contributed by atoms with Crippen LogP contribution in [0.3, 0.4) is 0 Å². The summed E-state index contributed by atoms with van der Waals surface area (Å²) in [5.74, 6) is 0.616. The largest absolute Gasteiger partial charge is 0.414 e. The zero-order chi connectivity index (χ0) is 11.7. The highest BCUT2D eigenvalue weighted by molar-refractivity contribution is 7.71. The molecule has 0 saturated heterocycles. The fourth-order valence-corrected chi connectivity index (χ4v) is 2.00. The van der Waals surface area contributed by atoms with Crippen LogP contribution in [0.25, 0.3) is 10.8 Å². The summed E-state index contributed by atoms with van der Waals surface area (Å²) < 4.78 is 5.25. The molecule has 84 valence electrons. The Hall–Kier alpha value is -1.94. The van der Waals surface area contributed by atoms with Crippen LogP contribution in [0.4, 0.5) is 0 Å². The predicted molar refractivity (Wildman–Crippen MR) is 68.4 cm³/mol. The van der Waals surface area contributed by atoms with E-state index in [1.165, 1.54) is 10.8 Å². The fraction of sp³-hybridized carbons (Fsp3) is 0.0769. The second-order valence-corrected chi connectivity index (χ2v) is 4.24. The highest BCUT2D eigenvalue weighted by Crippen LogP contribution is 2.17. The second kappa shape index (κ2) is 4.14. The average molecular weight is 242 g/mol. The van der Waals surface area contributed by atoms with Gasteiger partial charge in [0.05, 0.1) is 6.42 Å². The van der Waals surface area contributed by atoms with Gasteiger partial charge in [-0.25, -0.2) is 5.10 Å². The highest BCUT2D eigenvalue weighted by atomic mass is 32.1. The molecule has 1 N–H and O–H groups in total. The van der Waals surface area contributed by atoms with Gasteiger partial charge in [0.1, 0.15) is 0 Å². The summed E-state index contributed by atoms with van der Waals surface area (Å²) >= 11 is 4.84. The Kier molecular flexibility index (Phi) is 2.49.